The second kappa shape index (κ2) is 7.19. The van der Waals surface area contributed by atoms with E-state index < -0.39 is 0 Å². The van der Waals surface area contributed by atoms with Gasteiger partial charge in [0, 0.05) is 55.4 Å². The zero-order valence-corrected chi connectivity index (χ0v) is 15.8. The van der Waals surface area contributed by atoms with Gasteiger partial charge in [0.25, 0.3) is 0 Å². The van der Waals surface area contributed by atoms with E-state index in [0.29, 0.717) is 11.8 Å². The van der Waals surface area contributed by atoms with Crippen molar-refractivity contribution in [3.05, 3.63) is 35.7 Å². The van der Waals surface area contributed by atoms with Crippen LogP contribution in [0.15, 0.2) is 24.4 Å². The average Bonchev–Trinajstić information content (AvgIpc) is 3.59. The van der Waals surface area contributed by atoms with Crippen molar-refractivity contribution in [2.45, 2.75) is 50.4 Å². The van der Waals surface area contributed by atoms with Gasteiger partial charge in [-0.2, -0.15) is 0 Å². The molecule has 2 aliphatic heterocycles. The average molecular weight is 365 g/mol. The molecule has 2 saturated heterocycles. The van der Waals surface area contributed by atoms with E-state index in [-0.39, 0.29) is 5.92 Å². The topological polar surface area (TPSA) is 55.3 Å². The van der Waals surface area contributed by atoms with Crippen molar-refractivity contribution >= 4 is 16.9 Å². The number of piperidine rings is 1. The molecule has 1 saturated carbocycles. The summed E-state index contributed by atoms with van der Waals surface area (Å²) in [5, 5.41) is 1.15. The fraction of sp³-hybridized carbons (Fsp3) is 0.591. The Hall–Kier alpha value is -2.01. The Morgan fingerprint density at radius 1 is 1.00 bits per heavy atom. The lowest BCUT2D eigenvalue weighted by Crippen LogP contribution is -2.42. The van der Waals surface area contributed by atoms with E-state index in [1.54, 1.807) is 0 Å². The van der Waals surface area contributed by atoms with Crippen LogP contribution in [0.5, 0.6) is 0 Å². The lowest BCUT2D eigenvalue weighted by atomic mass is 9.91. The number of nitrogens with zero attached hydrogens (tertiary/aromatic N) is 3. The van der Waals surface area contributed by atoms with E-state index in [9.17, 15) is 4.79 Å². The highest BCUT2D eigenvalue weighted by Gasteiger charge is 2.30. The van der Waals surface area contributed by atoms with Gasteiger partial charge in [-0.25, -0.2) is 9.97 Å². The van der Waals surface area contributed by atoms with Crippen LogP contribution >= 0.6 is 0 Å². The van der Waals surface area contributed by atoms with Gasteiger partial charge in [0.1, 0.15) is 0 Å². The number of aromatic nitrogens is 2. The van der Waals surface area contributed by atoms with E-state index in [1.165, 1.54) is 18.4 Å². The molecule has 5 rings (SSSR count). The first-order valence-electron chi connectivity index (χ1n) is 10.4. The first kappa shape index (κ1) is 17.1. The number of pyridine rings is 2. The fourth-order valence-electron chi connectivity index (χ4n) is 4.51. The van der Waals surface area contributed by atoms with Gasteiger partial charge in [0.05, 0.1) is 0 Å². The third kappa shape index (κ3) is 3.57. The van der Waals surface area contributed by atoms with Gasteiger partial charge in [-0.15, -0.1) is 0 Å². The van der Waals surface area contributed by atoms with Gasteiger partial charge >= 0.3 is 0 Å². The summed E-state index contributed by atoms with van der Waals surface area (Å²) in [6, 6.07) is 6.60. The number of amides is 1. The fourth-order valence-corrected chi connectivity index (χ4v) is 4.51. The number of ether oxygens (including phenoxy) is 1. The quantitative estimate of drug-likeness (QED) is 0.833. The third-order valence-corrected chi connectivity index (χ3v) is 6.43. The third-order valence-electron chi connectivity index (χ3n) is 6.43. The molecule has 5 heteroatoms. The SMILES string of the molecule is O=C(C1CCOCC1)N1CCC(c2ccc3cc(C4CC4)cnc3n2)CC1. The molecule has 0 radical (unpaired) electrons. The molecule has 4 heterocycles. The van der Waals surface area contributed by atoms with E-state index in [4.69, 9.17) is 9.72 Å². The summed E-state index contributed by atoms with van der Waals surface area (Å²) < 4.78 is 5.39. The van der Waals surface area contributed by atoms with Crippen molar-refractivity contribution in [1.82, 2.24) is 14.9 Å². The minimum Gasteiger partial charge on any atom is -0.381 e. The maximum Gasteiger partial charge on any atom is 0.225 e. The molecule has 0 unspecified atom stereocenters. The summed E-state index contributed by atoms with van der Waals surface area (Å²) in [4.78, 5) is 24.2. The van der Waals surface area contributed by atoms with Gasteiger partial charge in [-0.1, -0.05) is 0 Å². The molecule has 3 aliphatic rings. The maximum atomic E-state index is 12.7. The van der Waals surface area contributed by atoms with Gasteiger partial charge < -0.3 is 9.64 Å². The van der Waals surface area contributed by atoms with Crippen LogP contribution in [0.25, 0.3) is 11.0 Å². The van der Waals surface area contributed by atoms with E-state index in [2.05, 4.69) is 28.1 Å². The Balaban J connectivity index is 1.24. The minimum atomic E-state index is 0.166. The van der Waals surface area contributed by atoms with E-state index in [0.717, 1.165) is 74.6 Å². The van der Waals surface area contributed by atoms with Gasteiger partial charge in [-0.05, 0) is 68.2 Å². The minimum absolute atomic E-state index is 0.166. The number of likely N-dealkylation sites (tertiary alicyclic amines) is 1. The second-order valence-corrected chi connectivity index (χ2v) is 8.31. The van der Waals surface area contributed by atoms with Crippen molar-refractivity contribution < 1.29 is 9.53 Å². The van der Waals surface area contributed by atoms with Gasteiger partial charge in [0.2, 0.25) is 5.91 Å². The normalized spacial score (nSPS) is 22.3. The summed E-state index contributed by atoms with van der Waals surface area (Å²) in [6.07, 6.45) is 8.33. The number of fused-ring (bicyclic) bond motifs is 1. The highest BCUT2D eigenvalue weighted by molar-refractivity contribution is 5.79. The summed E-state index contributed by atoms with van der Waals surface area (Å²) in [5.41, 5.74) is 3.35. The number of carbonyl (C=O) groups excluding carboxylic acids is 1. The van der Waals surface area contributed by atoms with Gasteiger partial charge in [-0.3, -0.25) is 4.79 Å². The molecule has 0 aromatic carbocycles. The molecule has 142 valence electrons. The molecule has 2 aromatic rings. The molecule has 5 nitrogen and oxygen atoms in total. The zero-order chi connectivity index (χ0) is 18.2. The molecule has 2 aromatic heterocycles. The highest BCUT2D eigenvalue weighted by Crippen LogP contribution is 2.40. The maximum absolute atomic E-state index is 12.7. The monoisotopic (exact) mass is 365 g/mol. The van der Waals surface area contributed by atoms with Crippen LogP contribution in [0, 0.1) is 5.92 Å². The molecule has 0 spiro atoms. The Morgan fingerprint density at radius 3 is 2.52 bits per heavy atom. The van der Waals surface area contributed by atoms with Crippen LogP contribution in [-0.2, 0) is 9.53 Å². The van der Waals surface area contributed by atoms with Crippen LogP contribution in [0.4, 0.5) is 0 Å². The number of hydrogen-bond donors (Lipinski definition) is 0. The number of rotatable bonds is 3. The zero-order valence-electron chi connectivity index (χ0n) is 15.8. The lowest BCUT2D eigenvalue weighted by Gasteiger charge is -2.35. The molecule has 1 aliphatic carbocycles. The Kier molecular flexibility index (Phi) is 4.56. The van der Waals surface area contributed by atoms with E-state index >= 15 is 0 Å². The summed E-state index contributed by atoms with van der Waals surface area (Å²) in [5.74, 6) is 1.65. The van der Waals surface area contributed by atoms with Crippen molar-refractivity contribution in [2.75, 3.05) is 26.3 Å². The Bertz CT molecular complexity index is 835. The summed E-state index contributed by atoms with van der Waals surface area (Å²) in [6.45, 7) is 3.13. The number of carbonyl (C=O) groups is 1. The predicted molar refractivity (Wildman–Crippen MR) is 104 cm³/mol. The second-order valence-electron chi connectivity index (χ2n) is 8.31. The molecule has 3 fully saturated rings. The molecule has 27 heavy (non-hydrogen) atoms. The largest absolute Gasteiger partial charge is 0.381 e. The van der Waals surface area contributed by atoms with Crippen LogP contribution in [0.2, 0.25) is 0 Å². The Morgan fingerprint density at radius 2 is 1.78 bits per heavy atom. The number of hydrogen-bond acceptors (Lipinski definition) is 4. The molecule has 0 atom stereocenters. The summed E-state index contributed by atoms with van der Waals surface area (Å²) >= 11 is 0. The highest BCUT2D eigenvalue weighted by atomic mass is 16.5. The lowest BCUT2D eigenvalue weighted by molar-refractivity contribution is -0.139. The Labute approximate surface area is 160 Å². The van der Waals surface area contributed by atoms with Crippen molar-refractivity contribution in [2.24, 2.45) is 5.92 Å². The molecule has 0 bridgehead atoms. The first-order chi connectivity index (χ1) is 13.3. The molecule has 1 amide bonds. The predicted octanol–water partition coefficient (Wildman–Crippen LogP) is 3.64. The van der Waals surface area contributed by atoms with Crippen molar-refractivity contribution in [3.63, 3.8) is 0 Å². The first-order valence-corrected chi connectivity index (χ1v) is 10.4. The molecule has 0 N–H and O–H groups in total. The van der Waals surface area contributed by atoms with Crippen molar-refractivity contribution in [3.8, 4) is 0 Å². The smallest absolute Gasteiger partial charge is 0.225 e. The van der Waals surface area contributed by atoms with Crippen molar-refractivity contribution in [1.29, 1.82) is 0 Å². The molecular weight excluding hydrogens is 338 g/mol. The van der Waals surface area contributed by atoms with E-state index in [1.807, 2.05) is 6.20 Å². The van der Waals surface area contributed by atoms with Crippen LogP contribution in [0.1, 0.15) is 61.6 Å². The molecular formula is C22H27N3O2. The van der Waals surface area contributed by atoms with Crippen LogP contribution in [-0.4, -0.2) is 47.1 Å². The standard InChI is InChI=1S/C22H27N3O2/c26-22(17-7-11-27-12-8-17)25-9-5-16(6-10-25)20-4-3-18-13-19(15-1-2-15)14-23-21(18)24-20/h3-4,13-17H,1-2,5-12H2. The van der Waals surface area contributed by atoms with Crippen LogP contribution < -0.4 is 0 Å². The van der Waals surface area contributed by atoms with Crippen LogP contribution in [0.3, 0.4) is 0 Å². The summed E-state index contributed by atoms with van der Waals surface area (Å²) in [7, 11) is 0. The van der Waals surface area contributed by atoms with Gasteiger partial charge in [0.15, 0.2) is 5.65 Å².